The van der Waals surface area contributed by atoms with Crippen molar-refractivity contribution in [2.75, 3.05) is 5.32 Å². The van der Waals surface area contributed by atoms with Crippen molar-refractivity contribution in [2.45, 2.75) is 26.4 Å². The number of aromatic nitrogens is 4. The zero-order chi connectivity index (χ0) is 21.0. The molecule has 0 fully saturated rings. The van der Waals surface area contributed by atoms with Gasteiger partial charge in [-0.2, -0.15) is 0 Å². The Hall–Kier alpha value is -3.33. The minimum Gasteiger partial charge on any atom is -0.444 e. The largest absolute Gasteiger partial charge is 0.444 e. The van der Waals surface area contributed by atoms with Gasteiger partial charge < -0.3 is 9.47 Å². The lowest BCUT2D eigenvalue weighted by molar-refractivity contribution is 0.0636. The molecule has 0 aliphatic heterocycles. The van der Waals surface area contributed by atoms with Crippen LogP contribution in [0.3, 0.4) is 0 Å². The number of amides is 1. The molecular weight excluding hydrogens is 401 g/mol. The minimum absolute atomic E-state index is 0.0426. The summed E-state index contributed by atoms with van der Waals surface area (Å²) >= 11 is 5.82. The van der Waals surface area contributed by atoms with Gasteiger partial charge in [0.2, 0.25) is 11.2 Å². The van der Waals surface area contributed by atoms with E-state index in [4.69, 9.17) is 21.1 Å². The molecule has 0 radical (unpaired) electrons. The van der Waals surface area contributed by atoms with E-state index in [0.29, 0.717) is 11.3 Å². The van der Waals surface area contributed by atoms with Crippen LogP contribution >= 0.6 is 11.6 Å². The van der Waals surface area contributed by atoms with Crippen LogP contribution in [0.15, 0.2) is 43.0 Å². The van der Waals surface area contributed by atoms with Gasteiger partial charge in [-0.05, 0) is 50.6 Å². The molecule has 8 nitrogen and oxygen atoms in total. The fraction of sp³-hybridized carbons (Fsp3) is 0.211. The number of nitrogens with one attached hydrogen (secondary N) is 1. The first-order valence-corrected chi connectivity index (χ1v) is 8.85. The first kappa shape index (κ1) is 20.4. The molecule has 1 amide bonds. The summed E-state index contributed by atoms with van der Waals surface area (Å²) in [6.45, 7) is 5.19. The van der Waals surface area contributed by atoms with Gasteiger partial charge in [0.1, 0.15) is 11.9 Å². The number of anilines is 1. The normalized spacial score (nSPS) is 11.1. The highest BCUT2D eigenvalue weighted by Gasteiger charge is 2.18. The molecule has 10 heteroatoms. The number of hydrogen-bond acceptors (Lipinski definition) is 7. The summed E-state index contributed by atoms with van der Waals surface area (Å²) in [6, 6.07) is 5.55. The number of halogens is 2. The van der Waals surface area contributed by atoms with Crippen LogP contribution in [0.1, 0.15) is 20.8 Å². The minimum atomic E-state index is -0.705. The summed E-state index contributed by atoms with van der Waals surface area (Å²) in [5.41, 5.74) is 0.380. The van der Waals surface area contributed by atoms with E-state index in [0.717, 1.165) is 6.07 Å². The van der Waals surface area contributed by atoms with Crippen molar-refractivity contribution in [1.29, 1.82) is 0 Å². The average Bonchev–Trinajstić information content (AvgIpc) is 2.63. The van der Waals surface area contributed by atoms with Gasteiger partial charge in [-0.15, -0.1) is 0 Å². The van der Waals surface area contributed by atoms with Gasteiger partial charge in [-0.3, -0.25) is 5.32 Å². The highest BCUT2D eigenvalue weighted by atomic mass is 35.5. The molecular formula is C19H17ClFN5O3. The van der Waals surface area contributed by atoms with Crippen LogP contribution in [-0.4, -0.2) is 31.6 Å². The Morgan fingerprint density at radius 3 is 2.69 bits per heavy atom. The van der Waals surface area contributed by atoms with Crippen molar-refractivity contribution >= 4 is 23.4 Å². The van der Waals surface area contributed by atoms with E-state index in [1.54, 1.807) is 26.8 Å². The maximum Gasteiger partial charge on any atom is 0.412 e. The molecule has 1 N–H and O–H groups in total. The molecule has 3 aromatic rings. The molecule has 150 valence electrons. The van der Waals surface area contributed by atoms with Gasteiger partial charge in [0.05, 0.1) is 11.3 Å². The highest BCUT2D eigenvalue weighted by Crippen LogP contribution is 2.32. The molecule has 2 heterocycles. The monoisotopic (exact) mass is 417 g/mol. The van der Waals surface area contributed by atoms with Gasteiger partial charge in [0.25, 0.3) is 0 Å². The lowest BCUT2D eigenvalue weighted by Crippen LogP contribution is -2.27. The van der Waals surface area contributed by atoms with Crippen LogP contribution in [0.25, 0.3) is 11.3 Å². The number of nitrogens with zero attached hydrogens (tertiary/aromatic N) is 4. The summed E-state index contributed by atoms with van der Waals surface area (Å²) in [5.74, 6) is -0.717. The number of benzene rings is 1. The van der Waals surface area contributed by atoms with Crippen molar-refractivity contribution in [2.24, 2.45) is 0 Å². The molecule has 0 aliphatic carbocycles. The van der Waals surface area contributed by atoms with Gasteiger partial charge in [0.15, 0.2) is 11.6 Å². The molecule has 2 aromatic heterocycles. The predicted octanol–water partition coefficient (Wildman–Crippen LogP) is 4.87. The highest BCUT2D eigenvalue weighted by molar-refractivity contribution is 6.28. The van der Waals surface area contributed by atoms with Crippen molar-refractivity contribution in [1.82, 2.24) is 19.9 Å². The zero-order valence-corrected chi connectivity index (χ0v) is 16.6. The second-order valence-electron chi connectivity index (χ2n) is 6.83. The van der Waals surface area contributed by atoms with E-state index in [-0.39, 0.29) is 22.6 Å². The summed E-state index contributed by atoms with van der Waals surface area (Å²) in [6.07, 6.45) is 3.51. The Balaban J connectivity index is 1.81. The van der Waals surface area contributed by atoms with Gasteiger partial charge in [0, 0.05) is 24.1 Å². The Kier molecular flexibility index (Phi) is 5.88. The average molecular weight is 418 g/mol. The number of carbonyl (C=O) groups excluding carboxylic acids is 1. The molecule has 29 heavy (non-hydrogen) atoms. The Labute approximate surface area is 171 Å². The third-order valence-electron chi connectivity index (χ3n) is 3.36. The maximum atomic E-state index is 14.5. The molecule has 3 rings (SSSR count). The summed E-state index contributed by atoms with van der Waals surface area (Å²) in [7, 11) is 0. The van der Waals surface area contributed by atoms with Crippen LogP contribution in [0.5, 0.6) is 11.6 Å². The number of ether oxygens (including phenoxy) is 2. The first-order chi connectivity index (χ1) is 13.7. The fourth-order valence-electron chi connectivity index (χ4n) is 2.25. The second-order valence-corrected chi connectivity index (χ2v) is 7.16. The van der Waals surface area contributed by atoms with E-state index in [1.165, 1.54) is 30.9 Å². The molecule has 0 aliphatic rings. The van der Waals surface area contributed by atoms with Crippen LogP contribution in [-0.2, 0) is 4.74 Å². The third kappa shape index (κ3) is 5.58. The maximum absolute atomic E-state index is 14.5. The second kappa shape index (κ2) is 8.36. The summed E-state index contributed by atoms with van der Waals surface area (Å²) < 4.78 is 25.3. The molecule has 0 bridgehead atoms. The Morgan fingerprint density at radius 1 is 1.21 bits per heavy atom. The number of hydrogen-bond donors (Lipinski definition) is 1. The number of carbonyl (C=O) groups is 1. The third-order valence-corrected chi connectivity index (χ3v) is 3.54. The van der Waals surface area contributed by atoms with E-state index < -0.39 is 17.5 Å². The lowest BCUT2D eigenvalue weighted by atomic mass is 10.2. The van der Waals surface area contributed by atoms with Crippen molar-refractivity contribution in [3.05, 3.63) is 54.1 Å². The van der Waals surface area contributed by atoms with E-state index in [2.05, 4.69) is 25.3 Å². The van der Waals surface area contributed by atoms with Gasteiger partial charge >= 0.3 is 6.09 Å². The molecule has 0 atom stereocenters. The quantitative estimate of drug-likeness (QED) is 0.604. The SMILES string of the molecule is CC(C)(C)OC(=O)Nc1ccc(Oc2ncncc2-c2ccnc(Cl)n2)c(F)c1. The lowest BCUT2D eigenvalue weighted by Gasteiger charge is -2.19. The molecule has 0 saturated heterocycles. The molecule has 0 saturated carbocycles. The van der Waals surface area contributed by atoms with Crippen molar-refractivity contribution < 1.29 is 18.7 Å². The van der Waals surface area contributed by atoms with Gasteiger partial charge in [-0.25, -0.2) is 29.1 Å². The summed E-state index contributed by atoms with van der Waals surface area (Å²) in [4.78, 5) is 27.7. The standard InChI is InChI=1S/C19H17ClFN5O3/c1-19(2,3)29-18(27)25-11-4-5-15(13(21)8-11)28-16-12(9-22-10-24-16)14-6-7-23-17(20)26-14/h4-10H,1-3H3,(H,25,27). The summed E-state index contributed by atoms with van der Waals surface area (Å²) in [5, 5.41) is 2.50. The van der Waals surface area contributed by atoms with E-state index >= 15 is 0 Å². The van der Waals surface area contributed by atoms with E-state index in [1.807, 2.05) is 0 Å². The van der Waals surface area contributed by atoms with Crippen molar-refractivity contribution in [3.63, 3.8) is 0 Å². The number of rotatable bonds is 4. The van der Waals surface area contributed by atoms with Crippen LogP contribution < -0.4 is 10.1 Å². The smallest absolute Gasteiger partial charge is 0.412 e. The topological polar surface area (TPSA) is 99.1 Å². The Morgan fingerprint density at radius 2 is 2.00 bits per heavy atom. The van der Waals surface area contributed by atoms with Crippen LogP contribution in [0.2, 0.25) is 5.28 Å². The van der Waals surface area contributed by atoms with Crippen molar-refractivity contribution in [3.8, 4) is 22.9 Å². The van der Waals surface area contributed by atoms with Crippen LogP contribution in [0, 0.1) is 5.82 Å². The molecule has 1 aromatic carbocycles. The van der Waals surface area contributed by atoms with Gasteiger partial charge in [-0.1, -0.05) is 0 Å². The first-order valence-electron chi connectivity index (χ1n) is 8.47. The predicted molar refractivity (Wildman–Crippen MR) is 104 cm³/mol. The van der Waals surface area contributed by atoms with E-state index in [9.17, 15) is 9.18 Å². The molecule has 0 spiro atoms. The fourth-order valence-corrected chi connectivity index (χ4v) is 2.39. The van der Waals surface area contributed by atoms with Crippen LogP contribution in [0.4, 0.5) is 14.9 Å². The molecule has 0 unspecified atom stereocenters. The zero-order valence-electron chi connectivity index (χ0n) is 15.8. The Bertz CT molecular complexity index is 1040.